The lowest BCUT2D eigenvalue weighted by atomic mass is 9.51. The molecule has 4 rings (SSSR count). The highest BCUT2D eigenvalue weighted by molar-refractivity contribution is 6.07. The van der Waals surface area contributed by atoms with Gasteiger partial charge in [-0.3, -0.25) is 29.4 Å². The van der Waals surface area contributed by atoms with Gasteiger partial charge < -0.3 is 20.5 Å². The molecule has 12 heteroatoms. The number of nitrogen functional groups attached to an aromatic ring is 1. The number of hydrogen-bond acceptors (Lipinski definition) is 7. The molecular weight excluding hydrogens is 456 g/mol. The number of amidine groups is 1. The van der Waals surface area contributed by atoms with E-state index in [4.69, 9.17) is 15.9 Å². The van der Waals surface area contributed by atoms with Crippen LogP contribution in [0.4, 0.5) is 4.79 Å². The largest absolute Gasteiger partial charge is 0.494 e. The number of carbonyl (C=O) groups is 2. The first-order valence-electron chi connectivity index (χ1n) is 12.2. The zero-order chi connectivity index (χ0) is 25.5. The molecule has 2 saturated carbocycles. The lowest BCUT2D eigenvalue weighted by Gasteiger charge is -2.58. The van der Waals surface area contributed by atoms with Crippen molar-refractivity contribution in [1.82, 2.24) is 19.4 Å². The summed E-state index contributed by atoms with van der Waals surface area (Å²) in [5.41, 5.74) is 2.90. The summed E-state index contributed by atoms with van der Waals surface area (Å²) in [4.78, 5) is 52.9. The van der Waals surface area contributed by atoms with Crippen molar-refractivity contribution in [2.45, 2.75) is 76.4 Å². The van der Waals surface area contributed by atoms with Gasteiger partial charge in [-0.2, -0.15) is 0 Å². The summed E-state index contributed by atoms with van der Waals surface area (Å²) in [6.45, 7) is 2.84. The second-order valence-electron chi connectivity index (χ2n) is 10.1. The molecular formula is C23H34N6O6. The summed E-state index contributed by atoms with van der Waals surface area (Å²) in [7, 11) is 1.55. The second-order valence-corrected chi connectivity index (χ2v) is 10.1. The van der Waals surface area contributed by atoms with E-state index < -0.39 is 40.6 Å². The molecule has 2 spiro atoms. The van der Waals surface area contributed by atoms with E-state index in [2.05, 4.69) is 5.32 Å². The van der Waals surface area contributed by atoms with Crippen molar-refractivity contribution in [3.8, 4) is 5.88 Å². The number of nitrogens with one attached hydrogen (secondary N) is 2. The molecule has 12 nitrogen and oxygen atoms in total. The molecule has 35 heavy (non-hydrogen) atoms. The first-order chi connectivity index (χ1) is 16.6. The van der Waals surface area contributed by atoms with Gasteiger partial charge in [0, 0.05) is 26.2 Å². The van der Waals surface area contributed by atoms with Crippen LogP contribution in [-0.2, 0) is 16.1 Å². The van der Waals surface area contributed by atoms with Gasteiger partial charge in [0.1, 0.15) is 16.9 Å². The number of aromatic hydroxyl groups is 1. The topological polar surface area (TPSA) is 173 Å². The lowest BCUT2D eigenvalue weighted by molar-refractivity contribution is -0.145. The zero-order valence-electron chi connectivity index (χ0n) is 20.3. The van der Waals surface area contributed by atoms with E-state index in [1.54, 1.807) is 12.0 Å². The average Bonchev–Trinajstić information content (AvgIpc) is 3.02. The van der Waals surface area contributed by atoms with E-state index in [9.17, 15) is 24.3 Å². The van der Waals surface area contributed by atoms with Crippen LogP contribution in [0.1, 0.15) is 69.9 Å². The van der Waals surface area contributed by atoms with Crippen molar-refractivity contribution in [1.29, 1.82) is 5.41 Å². The van der Waals surface area contributed by atoms with Gasteiger partial charge in [-0.05, 0) is 50.4 Å². The van der Waals surface area contributed by atoms with Crippen LogP contribution in [-0.4, -0.2) is 62.7 Å². The fourth-order valence-corrected chi connectivity index (χ4v) is 6.20. The molecule has 1 saturated heterocycles. The van der Waals surface area contributed by atoms with Crippen LogP contribution in [0.3, 0.4) is 0 Å². The van der Waals surface area contributed by atoms with Gasteiger partial charge in [0.15, 0.2) is 0 Å². The maximum absolute atomic E-state index is 13.2. The molecule has 0 radical (unpaired) electrons. The summed E-state index contributed by atoms with van der Waals surface area (Å²) in [6, 6.07) is -0.789. The van der Waals surface area contributed by atoms with Gasteiger partial charge in [0.25, 0.3) is 11.5 Å². The highest BCUT2D eigenvalue weighted by atomic mass is 16.5. The number of amides is 3. The Balaban J connectivity index is 1.56. The van der Waals surface area contributed by atoms with Crippen LogP contribution in [0.5, 0.6) is 5.88 Å². The Morgan fingerprint density at radius 2 is 1.86 bits per heavy atom. The smallest absolute Gasteiger partial charge is 0.334 e. The minimum absolute atomic E-state index is 0.144. The fraction of sp³-hybridized carbons (Fsp3) is 0.696. The molecule has 2 aliphatic carbocycles. The number of nitrogens with two attached hydrogens (primary N) is 1. The number of rotatable bonds is 8. The Morgan fingerprint density at radius 1 is 1.20 bits per heavy atom. The fourth-order valence-electron chi connectivity index (χ4n) is 6.20. The first kappa shape index (κ1) is 25.0. The minimum atomic E-state index is -0.855. The number of urea groups is 1. The zero-order valence-corrected chi connectivity index (χ0v) is 20.3. The van der Waals surface area contributed by atoms with Crippen molar-refractivity contribution in [2.75, 3.05) is 20.3 Å². The van der Waals surface area contributed by atoms with E-state index in [1.807, 2.05) is 6.92 Å². The van der Waals surface area contributed by atoms with Crippen molar-refractivity contribution in [3.63, 3.8) is 0 Å². The quantitative estimate of drug-likeness (QED) is 0.235. The number of ether oxygens (including phenoxy) is 1. The van der Waals surface area contributed by atoms with Crippen LogP contribution < -0.4 is 22.3 Å². The van der Waals surface area contributed by atoms with E-state index >= 15 is 0 Å². The normalized spacial score (nSPS) is 27.9. The minimum Gasteiger partial charge on any atom is -0.494 e. The monoisotopic (exact) mass is 490 g/mol. The number of aromatic nitrogens is 2. The summed E-state index contributed by atoms with van der Waals surface area (Å²) in [5, 5.41) is 20.7. The molecule has 3 amide bonds. The number of nitrogens with zero attached hydrogens (tertiary/aromatic N) is 3. The molecule has 0 atom stereocenters. The van der Waals surface area contributed by atoms with Crippen molar-refractivity contribution in [2.24, 2.45) is 11.1 Å². The van der Waals surface area contributed by atoms with Crippen molar-refractivity contribution < 1.29 is 19.4 Å². The number of methoxy groups -OCH3 is 1. The molecule has 2 heterocycles. The third-order valence-electron chi connectivity index (χ3n) is 7.99. The van der Waals surface area contributed by atoms with Crippen LogP contribution in [0.25, 0.3) is 0 Å². The van der Waals surface area contributed by atoms with E-state index in [0.717, 1.165) is 15.6 Å². The van der Waals surface area contributed by atoms with Gasteiger partial charge in [0.2, 0.25) is 5.88 Å². The van der Waals surface area contributed by atoms with E-state index in [1.165, 1.54) is 0 Å². The van der Waals surface area contributed by atoms with Gasteiger partial charge in [-0.15, -0.1) is 0 Å². The Morgan fingerprint density at radius 3 is 2.43 bits per heavy atom. The first-order valence-corrected chi connectivity index (χ1v) is 12.2. The molecule has 1 aromatic rings. The van der Waals surface area contributed by atoms with Crippen LogP contribution in [0, 0.1) is 10.8 Å². The Bertz CT molecular complexity index is 1150. The van der Waals surface area contributed by atoms with Gasteiger partial charge in [-0.1, -0.05) is 13.3 Å². The molecule has 3 aliphatic rings. The predicted molar refractivity (Wildman–Crippen MR) is 127 cm³/mol. The molecule has 0 aromatic carbocycles. The molecule has 3 fully saturated rings. The standard InChI is InChI=1S/C23H34N6O6/c1-3-4-9-27-17(30)15(16(24)25)18(31)29(21(27)34)14-5-7-22(8-6-14)12-23(13-22)19(32)26-20(33)28(23)10-11-35-2/h14,30H,3-13H2,1-2H3,(H3,24,25)(H,26,32,33). The van der Waals surface area contributed by atoms with E-state index in [-0.39, 0.29) is 23.4 Å². The van der Waals surface area contributed by atoms with Crippen LogP contribution in [0.15, 0.2) is 9.59 Å². The highest BCUT2D eigenvalue weighted by Crippen LogP contribution is 2.61. The number of hydrogen-bond donors (Lipinski definition) is 4. The Labute approximate surface area is 202 Å². The number of unbranched alkanes of at least 4 members (excludes halogenated alkanes) is 1. The molecule has 1 aliphatic heterocycles. The maximum Gasteiger partial charge on any atom is 0.334 e. The predicted octanol–water partition coefficient (Wildman–Crippen LogP) is 0.632. The average molecular weight is 491 g/mol. The van der Waals surface area contributed by atoms with Crippen LogP contribution >= 0.6 is 0 Å². The molecule has 5 N–H and O–H groups in total. The van der Waals surface area contributed by atoms with Crippen molar-refractivity contribution in [3.05, 3.63) is 26.4 Å². The maximum atomic E-state index is 13.2. The summed E-state index contributed by atoms with van der Waals surface area (Å²) in [5.74, 6) is -1.41. The number of imide groups is 1. The molecule has 0 unspecified atom stereocenters. The van der Waals surface area contributed by atoms with Gasteiger partial charge >= 0.3 is 11.7 Å². The Kier molecular flexibility index (Phi) is 6.52. The lowest BCUT2D eigenvalue weighted by Crippen LogP contribution is -2.64. The van der Waals surface area contributed by atoms with Crippen molar-refractivity contribution >= 4 is 17.8 Å². The SMILES string of the molecule is CCCCn1c(O)c(C(=N)N)c(=O)n(C2CCC3(CC2)CC2(C3)C(=O)NC(=O)N2CCOC)c1=O. The second kappa shape index (κ2) is 9.14. The summed E-state index contributed by atoms with van der Waals surface area (Å²) < 4.78 is 7.38. The third-order valence-corrected chi connectivity index (χ3v) is 7.99. The number of carbonyl (C=O) groups excluding carboxylic acids is 2. The van der Waals surface area contributed by atoms with Crippen LogP contribution in [0.2, 0.25) is 0 Å². The molecule has 192 valence electrons. The molecule has 1 aromatic heterocycles. The summed E-state index contributed by atoms with van der Waals surface area (Å²) >= 11 is 0. The van der Waals surface area contributed by atoms with E-state index in [0.29, 0.717) is 58.1 Å². The molecule has 0 bridgehead atoms. The van der Waals surface area contributed by atoms with Gasteiger partial charge in [0.05, 0.1) is 6.61 Å². The Hall–Kier alpha value is -3.15. The summed E-state index contributed by atoms with van der Waals surface area (Å²) in [6.07, 6.45) is 4.94. The van der Waals surface area contributed by atoms with Gasteiger partial charge in [-0.25, -0.2) is 9.59 Å². The highest BCUT2D eigenvalue weighted by Gasteiger charge is 2.66. The third kappa shape index (κ3) is 3.93.